The van der Waals surface area contributed by atoms with Crippen molar-refractivity contribution < 1.29 is 9.84 Å². The van der Waals surface area contributed by atoms with E-state index in [-0.39, 0.29) is 6.61 Å². The molecule has 2 aliphatic carbocycles. The smallest absolute Gasteiger partial charge is 0.0698 e. The molecule has 0 heterocycles. The van der Waals surface area contributed by atoms with Gasteiger partial charge in [0.15, 0.2) is 0 Å². The molecule has 0 atom stereocenters. The molecule has 2 aliphatic rings. The Morgan fingerprint density at radius 3 is 2.41 bits per heavy atom. The minimum Gasteiger partial charge on any atom is -0.394 e. The predicted octanol–water partition coefficient (Wildman–Crippen LogP) is 2.04. The summed E-state index contributed by atoms with van der Waals surface area (Å²) in [4.78, 5) is 2.63. The van der Waals surface area contributed by atoms with Gasteiger partial charge in [-0.2, -0.15) is 0 Å². The second-order valence-electron chi connectivity index (χ2n) is 5.57. The van der Waals surface area contributed by atoms with Crippen LogP contribution in [0.5, 0.6) is 0 Å². The van der Waals surface area contributed by atoms with Crippen molar-refractivity contribution in [3.8, 4) is 0 Å². The lowest BCUT2D eigenvalue weighted by atomic mass is 9.89. The Hall–Kier alpha value is -0.120. The molecule has 17 heavy (non-hydrogen) atoms. The first-order valence-electron chi connectivity index (χ1n) is 7.33. The van der Waals surface area contributed by atoms with E-state index in [1.54, 1.807) is 0 Å². The fraction of sp³-hybridized carbons (Fsp3) is 1.00. The van der Waals surface area contributed by atoms with Crippen molar-refractivity contribution in [3.05, 3.63) is 0 Å². The molecular formula is C14H27NO2. The number of hydrogen-bond donors (Lipinski definition) is 1. The molecule has 0 saturated heterocycles. The molecule has 100 valence electrons. The van der Waals surface area contributed by atoms with Gasteiger partial charge in [-0.05, 0) is 31.6 Å². The van der Waals surface area contributed by atoms with Crippen molar-refractivity contribution in [2.45, 2.75) is 51.0 Å². The molecule has 0 bridgehead atoms. The van der Waals surface area contributed by atoms with Crippen molar-refractivity contribution in [2.75, 3.05) is 32.9 Å². The third-order valence-electron chi connectivity index (χ3n) is 4.04. The van der Waals surface area contributed by atoms with Crippen LogP contribution in [0.2, 0.25) is 0 Å². The number of aliphatic hydroxyl groups is 1. The molecule has 3 nitrogen and oxygen atoms in total. The predicted molar refractivity (Wildman–Crippen MR) is 69.1 cm³/mol. The lowest BCUT2D eigenvalue weighted by Crippen LogP contribution is -2.35. The molecule has 0 aromatic rings. The summed E-state index contributed by atoms with van der Waals surface area (Å²) < 4.78 is 5.39. The SMILES string of the molecule is OCCOCCN(CC1CCCCC1)C1CC1. The van der Waals surface area contributed by atoms with Gasteiger partial charge in [-0.25, -0.2) is 0 Å². The highest BCUT2D eigenvalue weighted by atomic mass is 16.5. The second-order valence-corrected chi connectivity index (χ2v) is 5.57. The summed E-state index contributed by atoms with van der Waals surface area (Å²) in [6.45, 7) is 3.76. The molecule has 0 aliphatic heterocycles. The Morgan fingerprint density at radius 1 is 1.00 bits per heavy atom. The second kappa shape index (κ2) is 7.34. The van der Waals surface area contributed by atoms with Crippen molar-refractivity contribution in [1.82, 2.24) is 4.90 Å². The van der Waals surface area contributed by atoms with Crippen molar-refractivity contribution in [2.24, 2.45) is 5.92 Å². The molecule has 0 unspecified atom stereocenters. The number of rotatable bonds is 8. The maximum Gasteiger partial charge on any atom is 0.0698 e. The average molecular weight is 241 g/mol. The van der Waals surface area contributed by atoms with E-state index in [0.29, 0.717) is 6.61 Å². The van der Waals surface area contributed by atoms with Crippen LogP contribution in [0.1, 0.15) is 44.9 Å². The van der Waals surface area contributed by atoms with E-state index in [1.807, 2.05) is 0 Å². The van der Waals surface area contributed by atoms with Crippen molar-refractivity contribution in [1.29, 1.82) is 0 Å². The van der Waals surface area contributed by atoms with Gasteiger partial charge < -0.3 is 9.84 Å². The van der Waals surface area contributed by atoms with E-state index in [0.717, 1.165) is 25.1 Å². The van der Waals surface area contributed by atoms with Crippen LogP contribution in [0, 0.1) is 5.92 Å². The first-order valence-corrected chi connectivity index (χ1v) is 7.33. The van der Waals surface area contributed by atoms with Crippen LogP contribution in [0.3, 0.4) is 0 Å². The summed E-state index contributed by atoms with van der Waals surface area (Å²) in [5.41, 5.74) is 0. The third-order valence-corrected chi connectivity index (χ3v) is 4.04. The van der Waals surface area contributed by atoms with E-state index in [9.17, 15) is 0 Å². The van der Waals surface area contributed by atoms with Crippen LogP contribution in [0.15, 0.2) is 0 Å². The van der Waals surface area contributed by atoms with Crippen LogP contribution in [0.25, 0.3) is 0 Å². The van der Waals surface area contributed by atoms with Gasteiger partial charge in [0.1, 0.15) is 0 Å². The summed E-state index contributed by atoms with van der Waals surface area (Å²) in [6, 6.07) is 0.842. The Kier molecular flexibility index (Phi) is 5.75. The molecule has 3 heteroatoms. The van der Waals surface area contributed by atoms with Crippen LogP contribution in [0.4, 0.5) is 0 Å². The van der Waals surface area contributed by atoms with Crippen LogP contribution in [-0.4, -0.2) is 49.0 Å². The monoisotopic (exact) mass is 241 g/mol. The number of nitrogens with zero attached hydrogens (tertiary/aromatic N) is 1. The van der Waals surface area contributed by atoms with Crippen LogP contribution >= 0.6 is 0 Å². The topological polar surface area (TPSA) is 32.7 Å². The average Bonchev–Trinajstić information content (AvgIpc) is 3.19. The zero-order valence-electron chi connectivity index (χ0n) is 10.9. The van der Waals surface area contributed by atoms with Gasteiger partial charge in [0.25, 0.3) is 0 Å². The number of hydrogen-bond acceptors (Lipinski definition) is 3. The van der Waals surface area contributed by atoms with Gasteiger partial charge in [-0.3, -0.25) is 4.90 Å². The molecule has 1 N–H and O–H groups in total. The summed E-state index contributed by atoms with van der Waals surface area (Å²) >= 11 is 0. The molecule has 0 aromatic carbocycles. The van der Waals surface area contributed by atoms with E-state index < -0.39 is 0 Å². The third kappa shape index (κ3) is 4.94. The molecule has 0 aromatic heterocycles. The van der Waals surface area contributed by atoms with E-state index >= 15 is 0 Å². The maximum absolute atomic E-state index is 8.68. The van der Waals surface area contributed by atoms with Gasteiger partial charge in [0, 0.05) is 19.1 Å². The first kappa shape index (κ1) is 13.3. The van der Waals surface area contributed by atoms with Gasteiger partial charge in [-0.15, -0.1) is 0 Å². The van der Waals surface area contributed by atoms with Gasteiger partial charge in [0.2, 0.25) is 0 Å². The summed E-state index contributed by atoms with van der Waals surface area (Å²) in [5.74, 6) is 0.933. The first-order chi connectivity index (χ1) is 8.40. The fourth-order valence-corrected chi connectivity index (χ4v) is 2.91. The lowest BCUT2D eigenvalue weighted by molar-refractivity contribution is 0.0660. The lowest BCUT2D eigenvalue weighted by Gasteiger charge is -2.29. The normalized spacial score (nSPS) is 22.2. The zero-order valence-corrected chi connectivity index (χ0v) is 10.9. The number of aliphatic hydroxyl groups excluding tert-OH is 1. The highest BCUT2D eigenvalue weighted by molar-refractivity contribution is 4.86. The minimum atomic E-state index is 0.145. The zero-order chi connectivity index (χ0) is 11.9. The molecule has 2 saturated carbocycles. The van der Waals surface area contributed by atoms with Crippen molar-refractivity contribution in [3.63, 3.8) is 0 Å². The largest absolute Gasteiger partial charge is 0.394 e. The van der Waals surface area contributed by atoms with E-state index in [4.69, 9.17) is 9.84 Å². The maximum atomic E-state index is 8.68. The number of ether oxygens (including phenoxy) is 1. The quantitative estimate of drug-likeness (QED) is 0.660. The molecular weight excluding hydrogens is 214 g/mol. The van der Waals surface area contributed by atoms with Gasteiger partial charge >= 0.3 is 0 Å². The Bertz CT molecular complexity index is 200. The van der Waals surface area contributed by atoms with E-state index in [1.165, 1.54) is 51.5 Å². The van der Waals surface area contributed by atoms with Gasteiger partial charge in [0.05, 0.1) is 19.8 Å². The van der Waals surface area contributed by atoms with Gasteiger partial charge in [-0.1, -0.05) is 19.3 Å². The molecule has 0 spiro atoms. The fourth-order valence-electron chi connectivity index (χ4n) is 2.91. The highest BCUT2D eigenvalue weighted by Gasteiger charge is 2.30. The summed E-state index contributed by atoms with van der Waals surface area (Å²) in [7, 11) is 0. The molecule has 2 rings (SSSR count). The van der Waals surface area contributed by atoms with Crippen molar-refractivity contribution >= 4 is 0 Å². The summed E-state index contributed by atoms with van der Waals surface area (Å²) in [6.07, 6.45) is 9.94. The van der Waals surface area contributed by atoms with E-state index in [2.05, 4.69) is 4.90 Å². The Balaban J connectivity index is 1.65. The van der Waals surface area contributed by atoms with Crippen LogP contribution < -0.4 is 0 Å². The Morgan fingerprint density at radius 2 is 1.76 bits per heavy atom. The highest BCUT2D eigenvalue weighted by Crippen LogP contribution is 2.30. The standard InChI is InChI=1S/C14H27NO2/c16-9-11-17-10-8-15(14-6-7-14)12-13-4-2-1-3-5-13/h13-14,16H,1-12H2. The molecule has 0 radical (unpaired) electrons. The summed E-state index contributed by atoms with van der Waals surface area (Å²) in [5, 5.41) is 8.68. The van der Waals surface area contributed by atoms with Crippen LogP contribution in [-0.2, 0) is 4.74 Å². The minimum absolute atomic E-state index is 0.145. The molecule has 0 amide bonds. The molecule has 2 fully saturated rings. The Labute approximate surface area is 105 Å².